The lowest BCUT2D eigenvalue weighted by atomic mass is 9.72. The fraction of sp³-hybridized carbons (Fsp3) is 0.944. The summed E-state index contributed by atoms with van der Waals surface area (Å²) < 4.78 is 0. The fourth-order valence-corrected chi connectivity index (χ4v) is 4.15. The molecule has 1 aliphatic heterocycles. The van der Waals surface area contributed by atoms with Gasteiger partial charge in [-0.1, -0.05) is 47.5 Å². The van der Waals surface area contributed by atoms with Gasteiger partial charge in [0.15, 0.2) is 0 Å². The summed E-state index contributed by atoms with van der Waals surface area (Å²) in [6.07, 6.45) is 7.09. The van der Waals surface area contributed by atoms with Gasteiger partial charge in [-0.15, -0.1) is 0 Å². The molecule has 0 bridgehead atoms. The van der Waals surface area contributed by atoms with E-state index in [2.05, 4.69) is 51.8 Å². The van der Waals surface area contributed by atoms with Crippen LogP contribution in [-0.2, 0) is 4.79 Å². The summed E-state index contributed by atoms with van der Waals surface area (Å²) in [4.78, 5) is 15.3. The van der Waals surface area contributed by atoms with E-state index in [9.17, 15) is 4.79 Å². The van der Waals surface area contributed by atoms with E-state index in [-0.39, 0.29) is 17.1 Å². The fourth-order valence-electron chi connectivity index (χ4n) is 4.15. The first-order valence-corrected chi connectivity index (χ1v) is 8.82. The second kappa shape index (κ2) is 5.91. The van der Waals surface area contributed by atoms with Gasteiger partial charge in [0, 0.05) is 6.04 Å². The number of rotatable bonds is 4. The van der Waals surface area contributed by atoms with Gasteiger partial charge < -0.3 is 4.90 Å². The van der Waals surface area contributed by atoms with Gasteiger partial charge in [-0.2, -0.15) is 0 Å². The van der Waals surface area contributed by atoms with Crippen molar-refractivity contribution in [2.24, 2.45) is 11.3 Å². The van der Waals surface area contributed by atoms with E-state index in [1.54, 1.807) is 0 Å². The normalized spacial score (nSPS) is 36.5. The van der Waals surface area contributed by atoms with Crippen LogP contribution in [0, 0.1) is 11.3 Å². The highest BCUT2D eigenvalue weighted by molar-refractivity contribution is 5.88. The molecule has 0 radical (unpaired) electrons. The first-order valence-electron chi connectivity index (χ1n) is 8.82. The Labute approximate surface area is 130 Å². The van der Waals surface area contributed by atoms with Gasteiger partial charge in [0.25, 0.3) is 0 Å². The highest BCUT2D eigenvalue weighted by Gasteiger charge is 2.52. The van der Waals surface area contributed by atoms with Gasteiger partial charge in [0.05, 0.1) is 11.7 Å². The average molecular weight is 294 g/mol. The lowest BCUT2D eigenvalue weighted by Gasteiger charge is -2.46. The largest absolute Gasteiger partial charge is 0.322 e. The molecule has 0 aromatic carbocycles. The van der Waals surface area contributed by atoms with Crippen molar-refractivity contribution in [1.29, 1.82) is 0 Å². The highest BCUT2D eigenvalue weighted by Crippen LogP contribution is 2.42. The summed E-state index contributed by atoms with van der Waals surface area (Å²) >= 11 is 0. The second-order valence-corrected chi connectivity index (χ2v) is 8.44. The molecule has 2 fully saturated rings. The lowest BCUT2D eigenvalue weighted by Crippen LogP contribution is -2.53. The molecule has 1 aliphatic carbocycles. The molecule has 3 unspecified atom stereocenters. The molecule has 21 heavy (non-hydrogen) atoms. The molecule has 0 aromatic rings. The van der Waals surface area contributed by atoms with Gasteiger partial charge in [-0.05, 0) is 43.9 Å². The Morgan fingerprint density at radius 3 is 2.48 bits per heavy atom. The Hall–Kier alpha value is -0.570. The van der Waals surface area contributed by atoms with Gasteiger partial charge in [-0.3, -0.25) is 10.1 Å². The maximum absolute atomic E-state index is 13.1. The number of hydrogen-bond donors (Lipinski definition) is 1. The van der Waals surface area contributed by atoms with Crippen molar-refractivity contribution < 1.29 is 4.79 Å². The summed E-state index contributed by atoms with van der Waals surface area (Å²) in [5.41, 5.74) is -0.128. The van der Waals surface area contributed by atoms with Gasteiger partial charge >= 0.3 is 0 Å². The quantitative estimate of drug-likeness (QED) is 0.852. The topological polar surface area (TPSA) is 32.3 Å². The van der Waals surface area contributed by atoms with Crippen LogP contribution in [0.2, 0.25) is 0 Å². The third-order valence-corrected chi connectivity index (χ3v) is 5.72. The third-order valence-electron chi connectivity index (χ3n) is 5.72. The van der Waals surface area contributed by atoms with Crippen molar-refractivity contribution in [3.63, 3.8) is 0 Å². The molecule has 2 aliphatic rings. The number of carbonyl (C=O) groups excluding carboxylic acids is 1. The molecule has 3 heteroatoms. The van der Waals surface area contributed by atoms with Crippen LogP contribution >= 0.6 is 0 Å². The predicted molar refractivity (Wildman–Crippen MR) is 88.0 cm³/mol. The number of hydrogen-bond acceptors (Lipinski definition) is 2. The Morgan fingerprint density at radius 2 is 1.95 bits per heavy atom. The van der Waals surface area contributed by atoms with Crippen LogP contribution < -0.4 is 5.32 Å². The monoisotopic (exact) mass is 294 g/mol. The zero-order valence-corrected chi connectivity index (χ0v) is 14.8. The van der Waals surface area contributed by atoms with E-state index in [4.69, 9.17) is 0 Å². The molecule has 0 spiro atoms. The Morgan fingerprint density at radius 1 is 1.29 bits per heavy atom. The van der Waals surface area contributed by atoms with E-state index in [0.717, 1.165) is 19.3 Å². The minimum Gasteiger partial charge on any atom is -0.322 e. The summed E-state index contributed by atoms with van der Waals surface area (Å²) in [5.74, 6) is 0.930. The maximum Gasteiger partial charge on any atom is 0.244 e. The van der Waals surface area contributed by atoms with Crippen LogP contribution in [0.4, 0.5) is 0 Å². The van der Waals surface area contributed by atoms with Crippen molar-refractivity contribution in [3.8, 4) is 0 Å². The molecular weight excluding hydrogens is 260 g/mol. The highest BCUT2D eigenvalue weighted by atomic mass is 16.2. The third kappa shape index (κ3) is 3.13. The number of carbonyl (C=O) groups is 1. The molecule has 3 atom stereocenters. The standard InChI is InChI=1S/C18H34N2O/c1-7-18(6)16(21)20(15(19-18)12-13(2)3)14-10-8-9-11-17(14,4)5/h13-15,19H,7-12H2,1-6H3. The van der Waals surface area contributed by atoms with E-state index in [1.807, 2.05) is 0 Å². The summed E-state index contributed by atoms with van der Waals surface area (Å²) in [6.45, 7) is 13.4. The van der Waals surface area contributed by atoms with E-state index in [1.165, 1.54) is 19.3 Å². The Kier molecular flexibility index (Phi) is 4.72. The minimum absolute atomic E-state index is 0.213. The molecule has 1 saturated heterocycles. The summed E-state index contributed by atoms with van der Waals surface area (Å²) in [5, 5.41) is 3.66. The molecule has 1 amide bonds. The average Bonchev–Trinajstić information content (AvgIpc) is 2.62. The molecule has 3 nitrogen and oxygen atoms in total. The van der Waals surface area contributed by atoms with Crippen LogP contribution in [0.5, 0.6) is 0 Å². The van der Waals surface area contributed by atoms with Crippen LogP contribution in [-0.4, -0.2) is 28.6 Å². The molecule has 1 N–H and O–H groups in total. The molecule has 122 valence electrons. The zero-order valence-electron chi connectivity index (χ0n) is 14.8. The Bertz CT molecular complexity index is 391. The number of nitrogens with zero attached hydrogens (tertiary/aromatic N) is 1. The van der Waals surface area contributed by atoms with Crippen molar-refractivity contribution in [1.82, 2.24) is 10.2 Å². The van der Waals surface area contributed by atoms with Crippen LogP contribution in [0.25, 0.3) is 0 Å². The number of nitrogens with one attached hydrogen (secondary N) is 1. The molecule has 0 aromatic heterocycles. The predicted octanol–water partition coefficient (Wildman–Crippen LogP) is 3.93. The first-order chi connectivity index (χ1) is 9.71. The van der Waals surface area contributed by atoms with Crippen molar-refractivity contribution in [3.05, 3.63) is 0 Å². The van der Waals surface area contributed by atoms with Crippen LogP contribution in [0.15, 0.2) is 0 Å². The molecule has 1 saturated carbocycles. The van der Waals surface area contributed by atoms with Crippen molar-refractivity contribution >= 4 is 5.91 Å². The van der Waals surface area contributed by atoms with Gasteiger partial charge in [0.1, 0.15) is 0 Å². The van der Waals surface area contributed by atoms with Crippen LogP contribution in [0.1, 0.15) is 80.1 Å². The van der Waals surface area contributed by atoms with Crippen LogP contribution in [0.3, 0.4) is 0 Å². The second-order valence-electron chi connectivity index (χ2n) is 8.44. The summed E-state index contributed by atoms with van der Waals surface area (Å²) in [7, 11) is 0. The molecule has 2 rings (SSSR count). The minimum atomic E-state index is -0.368. The maximum atomic E-state index is 13.1. The smallest absolute Gasteiger partial charge is 0.244 e. The van der Waals surface area contributed by atoms with Gasteiger partial charge in [0.2, 0.25) is 5.91 Å². The first kappa shape index (κ1) is 16.8. The molecule has 1 heterocycles. The molecular formula is C18H34N2O. The number of amides is 1. The Balaban J connectivity index is 2.30. The SMILES string of the molecule is CCC1(C)NC(CC(C)C)N(C2CCCCC2(C)C)C1=O. The van der Waals surface area contributed by atoms with E-state index >= 15 is 0 Å². The van der Waals surface area contributed by atoms with E-state index < -0.39 is 0 Å². The zero-order chi connectivity index (χ0) is 15.8. The van der Waals surface area contributed by atoms with E-state index in [0.29, 0.717) is 17.9 Å². The van der Waals surface area contributed by atoms with Crippen molar-refractivity contribution in [2.75, 3.05) is 0 Å². The van der Waals surface area contributed by atoms with Crippen molar-refractivity contribution in [2.45, 2.75) is 97.8 Å². The van der Waals surface area contributed by atoms with Gasteiger partial charge in [-0.25, -0.2) is 0 Å². The summed E-state index contributed by atoms with van der Waals surface area (Å²) in [6, 6.07) is 0.392. The lowest BCUT2D eigenvalue weighted by molar-refractivity contribution is -0.139.